The van der Waals surface area contributed by atoms with E-state index in [2.05, 4.69) is 4.98 Å². The minimum absolute atomic E-state index is 0.0340. The number of nitrogens with zero attached hydrogens (tertiary/aromatic N) is 1. The summed E-state index contributed by atoms with van der Waals surface area (Å²) in [5.74, 6) is -0.872. The van der Waals surface area contributed by atoms with Crippen LogP contribution in [0.2, 0.25) is 0 Å². The zero-order chi connectivity index (χ0) is 19.9. The smallest absolute Gasteiger partial charge is 0.407 e. The Kier molecular flexibility index (Phi) is 4.49. The van der Waals surface area contributed by atoms with Crippen molar-refractivity contribution in [3.63, 3.8) is 0 Å². The quantitative estimate of drug-likeness (QED) is 0.710. The maximum Gasteiger partial charge on any atom is 0.417 e. The summed E-state index contributed by atoms with van der Waals surface area (Å²) in [5.41, 5.74) is -0.0806. The molecule has 1 aromatic heterocycles. The number of aromatic amines is 1. The van der Waals surface area contributed by atoms with Gasteiger partial charge in [-0.3, -0.25) is 9.78 Å². The molecule has 4 rings (SSSR count). The van der Waals surface area contributed by atoms with Crippen molar-refractivity contribution in [3.8, 4) is 0 Å². The van der Waals surface area contributed by atoms with Gasteiger partial charge in [-0.15, -0.1) is 0 Å². The van der Waals surface area contributed by atoms with Crippen LogP contribution >= 0.6 is 0 Å². The standard InChI is InChI=1S/C20H17F3N2O3/c21-20(22,23)15-6-2-1-4-13(15)11-25(10-12-8-9-12)18(26)14-5-3-7-16-17(14)28-19(27)24-16/h1-7,12H,8-11H2,(H,24,27). The molecule has 1 aliphatic carbocycles. The topological polar surface area (TPSA) is 66.3 Å². The second kappa shape index (κ2) is 6.85. The van der Waals surface area contributed by atoms with E-state index in [1.165, 1.54) is 29.2 Å². The van der Waals surface area contributed by atoms with Crippen molar-refractivity contribution >= 4 is 17.0 Å². The summed E-state index contributed by atoms with van der Waals surface area (Å²) in [6.45, 7) is 0.187. The number of carbonyl (C=O) groups is 1. The lowest BCUT2D eigenvalue weighted by molar-refractivity contribution is -0.138. The number of nitrogens with one attached hydrogen (secondary N) is 1. The van der Waals surface area contributed by atoms with Gasteiger partial charge < -0.3 is 9.32 Å². The average molecular weight is 390 g/mol. The zero-order valence-corrected chi connectivity index (χ0v) is 14.8. The third-order valence-electron chi connectivity index (χ3n) is 4.82. The van der Waals surface area contributed by atoms with Crippen molar-refractivity contribution < 1.29 is 22.4 Å². The molecule has 0 radical (unpaired) electrons. The van der Waals surface area contributed by atoms with Crippen LogP contribution in [-0.2, 0) is 12.7 Å². The Morgan fingerprint density at radius 1 is 1.14 bits per heavy atom. The van der Waals surface area contributed by atoms with Crippen LogP contribution in [0.25, 0.3) is 11.1 Å². The summed E-state index contributed by atoms with van der Waals surface area (Å²) < 4.78 is 45.1. The van der Waals surface area contributed by atoms with Crippen LogP contribution in [0.3, 0.4) is 0 Å². The van der Waals surface area contributed by atoms with Crippen molar-refractivity contribution in [3.05, 3.63) is 69.7 Å². The van der Waals surface area contributed by atoms with Gasteiger partial charge in [0.25, 0.3) is 5.91 Å². The summed E-state index contributed by atoms with van der Waals surface area (Å²) in [4.78, 5) is 28.6. The summed E-state index contributed by atoms with van der Waals surface area (Å²) in [7, 11) is 0. The van der Waals surface area contributed by atoms with Crippen LogP contribution in [0.5, 0.6) is 0 Å². The van der Waals surface area contributed by atoms with Crippen molar-refractivity contribution in [2.75, 3.05) is 6.54 Å². The van der Waals surface area contributed by atoms with Crippen LogP contribution in [0, 0.1) is 5.92 Å². The lowest BCUT2D eigenvalue weighted by atomic mass is 10.1. The molecule has 1 heterocycles. The summed E-state index contributed by atoms with van der Waals surface area (Å²) in [6.07, 6.45) is -2.62. The molecule has 5 nitrogen and oxygen atoms in total. The van der Waals surface area contributed by atoms with Gasteiger partial charge in [-0.1, -0.05) is 24.3 Å². The molecule has 1 fully saturated rings. The van der Waals surface area contributed by atoms with Crippen LogP contribution in [0.1, 0.15) is 34.3 Å². The number of halogens is 3. The monoisotopic (exact) mass is 390 g/mol. The van der Waals surface area contributed by atoms with E-state index in [1.54, 1.807) is 12.1 Å². The number of H-pyrrole nitrogens is 1. The first-order chi connectivity index (χ1) is 13.3. The van der Waals surface area contributed by atoms with Gasteiger partial charge in [-0.05, 0) is 42.5 Å². The highest BCUT2D eigenvalue weighted by Gasteiger charge is 2.35. The fourth-order valence-corrected chi connectivity index (χ4v) is 3.28. The normalized spacial score (nSPS) is 14.4. The highest BCUT2D eigenvalue weighted by atomic mass is 19.4. The number of aromatic nitrogens is 1. The first-order valence-electron chi connectivity index (χ1n) is 8.89. The minimum Gasteiger partial charge on any atom is -0.407 e. The molecule has 0 unspecified atom stereocenters. The van der Waals surface area contributed by atoms with Gasteiger partial charge in [-0.25, -0.2) is 4.79 Å². The predicted octanol–water partition coefficient (Wildman–Crippen LogP) is 4.19. The summed E-state index contributed by atoms with van der Waals surface area (Å²) >= 11 is 0. The molecule has 1 N–H and O–H groups in total. The lowest BCUT2D eigenvalue weighted by Gasteiger charge is -2.24. The molecule has 0 aliphatic heterocycles. The number of carbonyl (C=O) groups excluding carboxylic acids is 1. The summed E-state index contributed by atoms with van der Waals surface area (Å²) in [6, 6.07) is 9.96. The Morgan fingerprint density at radius 3 is 2.61 bits per heavy atom. The Bertz CT molecular complexity index is 1080. The maximum absolute atomic E-state index is 13.4. The molecule has 1 saturated carbocycles. The molecular formula is C20H17F3N2O3. The Hall–Kier alpha value is -3.03. The van der Waals surface area contributed by atoms with Gasteiger partial charge >= 0.3 is 11.9 Å². The molecule has 0 saturated heterocycles. The molecule has 1 amide bonds. The van der Waals surface area contributed by atoms with Crippen LogP contribution in [0.15, 0.2) is 51.7 Å². The number of hydrogen-bond donors (Lipinski definition) is 1. The molecule has 2 aromatic carbocycles. The van der Waals surface area contributed by atoms with Crippen LogP contribution < -0.4 is 5.76 Å². The number of benzene rings is 2. The van der Waals surface area contributed by atoms with Gasteiger partial charge in [0.05, 0.1) is 16.6 Å². The molecule has 0 atom stereocenters. The molecular weight excluding hydrogens is 373 g/mol. The third-order valence-corrected chi connectivity index (χ3v) is 4.82. The van der Waals surface area contributed by atoms with Crippen molar-refractivity contribution in [2.24, 2.45) is 5.92 Å². The van der Waals surface area contributed by atoms with Crippen LogP contribution in [-0.4, -0.2) is 22.3 Å². The number of fused-ring (bicyclic) bond motifs is 1. The fourth-order valence-electron chi connectivity index (χ4n) is 3.28. The van der Waals surface area contributed by atoms with E-state index in [9.17, 15) is 22.8 Å². The highest BCUT2D eigenvalue weighted by molar-refractivity contribution is 6.04. The second-order valence-electron chi connectivity index (χ2n) is 6.98. The fraction of sp³-hybridized carbons (Fsp3) is 0.300. The molecule has 1 aliphatic rings. The van der Waals surface area contributed by atoms with Crippen LogP contribution in [0.4, 0.5) is 13.2 Å². The molecule has 28 heavy (non-hydrogen) atoms. The Morgan fingerprint density at radius 2 is 1.89 bits per heavy atom. The molecule has 0 bridgehead atoms. The number of alkyl halides is 3. The average Bonchev–Trinajstić information content (AvgIpc) is 3.37. The van der Waals surface area contributed by atoms with E-state index in [4.69, 9.17) is 4.42 Å². The van der Waals surface area contributed by atoms with Gasteiger partial charge in [0, 0.05) is 13.1 Å². The predicted molar refractivity (Wildman–Crippen MR) is 95.7 cm³/mol. The van der Waals surface area contributed by atoms with E-state index in [0.29, 0.717) is 12.1 Å². The SMILES string of the molecule is O=C(c1cccc2[nH]c(=O)oc12)N(Cc1ccccc1C(F)(F)F)CC1CC1. The molecule has 3 aromatic rings. The number of rotatable bonds is 5. The Labute approximate surface area is 157 Å². The number of oxazole rings is 1. The Balaban J connectivity index is 1.71. The van der Waals surface area contributed by atoms with Gasteiger partial charge in [0.1, 0.15) is 0 Å². The first-order valence-corrected chi connectivity index (χ1v) is 8.89. The minimum atomic E-state index is -4.50. The van der Waals surface area contributed by atoms with E-state index < -0.39 is 23.4 Å². The third kappa shape index (κ3) is 3.67. The summed E-state index contributed by atoms with van der Waals surface area (Å²) in [5, 5.41) is 0. The molecule has 0 spiro atoms. The lowest BCUT2D eigenvalue weighted by Crippen LogP contribution is -2.33. The van der Waals surface area contributed by atoms with Crippen molar-refractivity contribution in [1.29, 1.82) is 0 Å². The van der Waals surface area contributed by atoms with Crippen molar-refractivity contribution in [2.45, 2.75) is 25.6 Å². The van der Waals surface area contributed by atoms with E-state index in [1.807, 2.05) is 0 Å². The number of para-hydroxylation sites is 1. The van der Waals surface area contributed by atoms with E-state index in [0.717, 1.165) is 18.9 Å². The largest absolute Gasteiger partial charge is 0.417 e. The van der Waals surface area contributed by atoms with E-state index >= 15 is 0 Å². The molecule has 146 valence electrons. The zero-order valence-electron chi connectivity index (χ0n) is 14.8. The van der Waals surface area contributed by atoms with E-state index in [-0.39, 0.29) is 29.2 Å². The van der Waals surface area contributed by atoms with Gasteiger partial charge in [0.15, 0.2) is 5.58 Å². The highest BCUT2D eigenvalue weighted by Crippen LogP contribution is 2.35. The number of amides is 1. The first kappa shape index (κ1) is 18.3. The van der Waals surface area contributed by atoms with Gasteiger partial charge in [-0.2, -0.15) is 13.2 Å². The maximum atomic E-state index is 13.4. The number of hydrogen-bond acceptors (Lipinski definition) is 3. The van der Waals surface area contributed by atoms with Gasteiger partial charge in [0.2, 0.25) is 0 Å². The second-order valence-corrected chi connectivity index (χ2v) is 6.98. The molecule has 8 heteroatoms. The van der Waals surface area contributed by atoms with Crippen molar-refractivity contribution in [1.82, 2.24) is 9.88 Å².